The minimum absolute atomic E-state index is 0.00241. The van der Waals surface area contributed by atoms with Crippen molar-refractivity contribution in [1.29, 1.82) is 0 Å². The van der Waals surface area contributed by atoms with Crippen molar-refractivity contribution < 1.29 is 14.3 Å². The Labute approximate surface area is 177 Å². The van der Waals surface area contributed by atoms with Gasteiger partial charge in [-0.15, -0.1) is 0 Å². The Hall–Kier alpha value is -3.12. The lowest BCUT2D eigenvalue weighted by Gasteiger charge is -2.23. The topological polar surface area (TPSA) is 56.6 Å². The Morgan fingerprint density at radius 1 is 1.20 bits per heavy atom. The molecule has 0 aliphatic carbocycles. The minimum atomic E-state index is -0.00241. The predicted molar refractivity (Wildman–Crippen MR) is 116 cm³/mol. The Morgan fingerprint density at radius 3 is 2.60 bits per heavy atom. The molecule has 1 amide bonds. The number of benzene rings is 2. The first kappa shape index (κ1) is 20.2. The number of carbonyl (C=O) groups excluding carboxylic acids is 1. The zero-order chi connectivity index (χ0) is 20.9. The van der Waals surface area contributed by atoms with Gasteiger partial charge in [0, 0.05) is 37.4 Å². The van der Waals surface area contributed by atoms with Gasteiger partial charge in [-0.05, 0) is 49.7 Å². The fourth-order valence-corrected chi connectivity index (χ4v) is 3.77. The van der Waals surface area contributed by atoms with E-state index in [4.69, 9.17) is 14.6 Å². The van der Waals surface area contributed by atoms with Crippen LogP contribution in [0.25, 0.3) is 16.9 Å². The van der Waals surface area contributed by atoms with E-state index in [0.29, 0.717) is 30.3 Å². The van der Waals surface area contributed by atoms with Crippen molar-refractivity contribution >= 4 is 5.91 Å². The summed E-state index contributed by atoms with van der Waals surface area (Å²) >= 11 is 0. The zero-order valence-electron chi connectivity index (χ0n) is 17.5. The van der Waals surface area contributed by atoms with E-state index in [1.165, 1.54) is 0 Å². The minimum Gasteiger partial charge on any atom is -0.497 e. The van der Waals surface area contributed by atoms with Crippen LogP contribution in [-0.4, -0.2) is 54.0 Å². The number of rotatable bonds is 7. The van der Waals surface area contributed by atoms with Crippen molar-refractivity contribution in [2.45, 2.75) is 13.3 Å². The van der Waals surface area contributed by atoms with Crippen molar-refractivity contribution in [3.63, 3.8) is 0 Å². The summed E-state index contributed by atoms with van der Waals surface area (Å²) in [5.41, 5.74) is 3.07. The van der Waals surface area contributed by atoms with Gasteiger partial charge in [-0.25, -0.2) is 4.68 Å². The quantitative estimate of drug-likeness (QED) is 0.595. The van der Waals surface area contributed by atoms with E-state index in [9.17, 15) is 4.79 Å². The smallest absolute Gasteiger partial charge is 0.257 e. The van der Waals surface area contributed by atoms with E-state index in [1.54, 1.807) is 11.8 Å². The monoisotopic (exact) mass is 405 g/mol. The first-order valence-corrected chi connectivity index (χ1v) is 10.4. The molecule has 0 N–H and O–H groups in total. The molecule has 3 aromatic rings. The third-order valence-electron chi connectivity index (χ3n) is 5.50. The zero-order valence-corrected chi connectivity index (χ0v) is 17.5. The molecule has 4 rings (SSSR count). The van der Waals surface area contributed by atoms with Crippen LogP contribution in [0.2, 0.25) is 0 Å². The average Bonchev–Trinajstić information content (AvgIpc) is 3.48. The van der Waals surface area contributed by atoms with Crippen LogP contribution in [0.5, 0.6) is 5.75 Å². The molecule has 2 aromatic carbocycles. The molecule has 30 heavy (non-hydrogen) atoms. The number of carbonyl (C=O) groups is 1. The number of para-hydroxylation sites is 1. The van der Waals surface area contributed by atoms with Gasteiger partial charge in [0.1, 0.15) is 11.4 Å². The van der Waals surface area contributed by atoms with Crippen LogP contribution >= 0.6 is 0 Å². The maximum Gasteiger partial charge on any atom is 0.257 e. The molecule has 0 spiro atoms. The number of methoxy groups -OCH3 is 1. The molecule has 0 bridgehead atoms. The summed E-state index contributed by atoms with van der Waals surface area (Å²) in [6.45, 7) is 4.86. The summed E-state index contributed by atoms with van der Waals surface area (Å²) in [6, 6.07) is 17.5. The number of hydrogen-bond donors (Lipinski definition) is 0. The maximum absolute atomic E-state index is 13.5. The second-order valence-electron chi connectivity index (χ2n) is 7.47. The third kappa shape index (κ3) is 4.24. The number of nitrogens with zero attached hydrogens (tertiary/aromatic N) is 3. The van der Waals surface area contributed by atoms with Gasteiger partial charge in [0.05, 0.1) is 25.0 Å². The molecule has 1 unspecified atom stereocenters. The van der Waals surface area contributed by atoms with Gasteiger partial charge in [-0.1, -0.05) is 18.2 Å². The highest BCUT2D eigenvalue weighted by Crippen LogP contribution is 2.27. The van der Waals surface area contributed by atoms with Gasteiger partial charge in [0.2, 0.25) is 0 Å². The fraction of sp³-hybridized carbons (Fsp3) is 0.333. The van der Waals surface area contributed by atoms with Crippen molar-refractivity contribution in [2.24, 2.45) is 5.92 Å². The van der Waals surface area contributed by atoms with E-state index in [1.807, 2.05) is 72.6 Å². The highest BCUT2D eigenvalue weighted by Gasteiger charge is 2.26. The summed E-state index contributed by atoms with van der Waals surface area (Å²) in [4.78, 5) is 15.4. The molecule has 0 saturated carbocycles. The second kappa shape index (κ2) is 9.13. The van der Waals surface area contributed by atoms with E-state index in [2.05, 4.69) is 0 Å². The molecular weight excluding hydrogens is 378 g/mol. The van der Waals surface area contributed by atoms with E-state index in [0.717, 1.165) is 36.6 Å². The summed E-state index contributed by atoms with van der Waals surface area (Å²) in [7, 11) is 1.64. The molecule has 1 aromatic heterocycles. The van der Waals surface area contributed by atoms with Gasteiger partial charge in [0.25, 0.3) is 5.91 Å². The third-order valence-corrected chi connectivity index (χ3v) is 5.50. The lowest BCUT2D eigenvalue weighted by molar-refractivity contribution is 0.0731. The predicted octanol–water partition coefficient (Wildman–Crippen LogP) is 4.05. The number of ether oxygens (including phenoxy) is 2. The first-order chi connectivity index (χ1) is 14.7. The molecule has 1 aliphatic heterocycles. The van der Waals surface area contributed by atoms with Crippen molar-refractivity contribution in [3.05, 3.63) is 66.4 Å². The van der Waals surface area contributed by atoms with Crippen molar-refractivity contribution in [2.75, 3.05) is 33.4 Å². The van der Waals surface area contributed by atoms with Crippen LogP contribution in [0.15, 0.2) is 60.8 Å². The van der Waals surface area contributed by atoms with Crippen LogP contribution in [0.1, 0.15) is 23.7 Å². The Balaban J connectivity index is 1.71. The molecule has 0 radical (unpaired) electrons. The largest absolute Gasteiger partial charge is 0.497 e. The van der Waals surface area contributed by atoms with Crippen LogP contribution in [-0.2, 0) is 4.74 Å². The van der Waals surface area contributed by atoms with Crippen LogP contribution < -0.4 is 4.74 Å². The van der Waals surface area contributed by atoms with Gasteiger partial charge in [0.15, 0.2) is 0 Å². The molecule has 156 valence electrons. The molecule has 6 nitrogen and oxygen atoms in total. The molecule has 1 saturated heterocycles. The Kier molecular flexibility index (Phi) is 6.14. The SMILES string of the molecule is CCN(CC1CCOC1)C(=O)c1cn(-c2ccccc2)nc1-c1ccc(OC)cc1. The molecule has 1 atom stereocenters. The van der Waals surface area contributed by atoms with Gasteiger partial charge < -0.3 is 14.4 Å². The van der Waals surface area contributed by atoms with Crippen LogP contribution in [0.3, 0.4) is 0 Å². The molecular formula is C24H27N3O3. The fourth-order valence-electron chi connectivity index (χ4n) is 3.77. The van der Waals surface area contributed by atoms with E-state index >= 15 is 0 Å². The normalized spacial score (nSPS) is 15.9. The van der Waals surface area contributed by atoms with Crippen LogP contribution in [0.4, 0.5) is 0 Å². The summed E-state index contributed by atoms with van der Waals surface area (Å²) in [5.74, 6) is 1.16. The van der Waals surface area contributed by atoms with Gasteiger partial charge in [-0.3, -0.25) is 4.79 Å². The van der Waals surface area contributed by atoms with Crippen LogP contribution in [0, 0.1) is 5.92 Å². The standard InChI is InChI=1S/C24H27N3O3/c1-3-26(15-18-13-14-30-17-18)24(28)22-16-27(20-7-5-4-6-8-20)25-23(22)19-9-11-21(29-2)12-10-19/h4-12,16,18H,3,13-15,17H2,1-2H3. The highest BCUT2D eigenvalue weighted by atomic mass is 16.5. The summed E-state index contributed by atoms with van der Waals surface area (Å²) in [5, 5.41) is 4.78. The molecule has 1 fully saturated rings. The van der Waals surface area contributed by atoms with E-state index in [-0.39, 0.29) is 5.91 Å². The molecule has 6 heteroatoms. The second-order valence-corrected chi connectivity index (χ2v) is 7.47. The average molecular weight is 405 g/mol. The Morgan fingerprint density at radius 2 is 1.97 bits per heavy atom. The lowest BCUT2D eigenvalue weighted by atomic mass is 10.1. The number of amides is 1. The highest BCUT2D eigenvalue weighted by molar-refractivity contribution is 6.00. The molecule has 1 aliphatic rings. The summed E-state index contributed by atoms with van der Waals surface area (Å²) < 4.78 is 12.6. The van der Waals surface area contributed by atoms with E-state index < -0.39 is 0 Å². The Bertz CT molecular complexity index is 977. The molecule has 2 heterocycles. The summed E-state index contributed by atoms with van der Waals surface area (Å²) in [6.07, 6.45) is 2.84. The van der Waals surface area contributed by atoms with Crippen molar-refractivity contribution in [1.82, 2.24) is 14.7 Å². The lowest BCUT2D eigenvalue weighted by Crippen LogP contribution is -2.35. The van der Waals surface area contributed by atoms with Crippen molar-refractivity contribution in [3.8, 4) is 22.7 Å². The first-order valence-electron chi connectivity index (χ1n) is 10.4. The maximum atomic E-state index is 13.5. The number of hydrogen-bond acceptors (Lipinski definition) is 4. The van der Waals surface area contributed by atoms with Gasteiger partial charge >= 0.3 is 0 Å². The van der Waals surface area contributed by atoms with Gasteiger partial charge in [-0.2, -0.15) is 5.10 Å². The number of aromatic nitrogens is 2.